The summed E-state index contributed by atoms with van der Waals surface area (Å²) in [6, 6.07) is 7.45. The van der Waals surface area contributed by atoms with E-state index in [1.807, 2.05) is 25.1 Å². The summed E-state index contributed by atoms with van der Waals surface area (Å²) in [5.74, 6) is 1.42. The highest BCUT2D eigenvalue weighted by Crippen LogP contribution is 2.43. The fourth-order valence-corrected chi connectivity index (χ4v) is 3.79. The molecule has 2 heterocycles. The van der Waals surface area contributed by atoms with Gasteiger partial charge in [0.2, 0.25) is 0 Å². The van der Waals surface area contributed by atoms with Crippen LogP contribution in [-0.4, -0.2) is 33.5 Å². The lowest BCUT2D eigenvalue weighted by Gasteiger charge is -2.42. The number of fused-ring (bicyclic) bond motifs is 3. The number of rotatable bonds is 0. The molecule has 84 valence electrons. The molecule has 1 aromatic carbocycles. The zero-order valence-corrected chi connectivity index (χ0v) is 9.83. The molecule has 2 atom stereocenters. The molecule has 1 N–H and O–H groups in total. The lowest BCUT2D eigenvalue weighted by atomic mass is 10.0. The molecule has 1 saturated heterocycles. The van der Waals surface area contributed by atoms with Crippen molar-refractivity contribution in [2.75, 3.05) is 11.5 Å². The molecule has 2 aliphatic heterocycles. The third kappa shape index (κ3) is 1.11. The smallest absolute Gasteiger partial charge is 0.257 e. The van der Waals surface area contributed by atoms with E-state index >= 15 is 0 Å². The topological polar surface area (TPSA) is 40.5 Å². The first-order chi connectivity index (χ1) is 7.64. The van der Waals surface area contributed by atoms with Crippen LogP contribution in [0.15, 0.2) is 24.3 Å². The molecule has 0 spiro atoms. The van der Waals surface area contributed by atoms with Crippen LogP contribution in [-0.2, 0) is 5.72 Å². The summed E-state index contributed by atoms with van der Waals surface area (Å²) in [4.78, 5) is 13.8. The molecule has 0 aromatic heterocycles. The van der Waals surface area contributed by atoms with E-state index in [9.17, 15) is 9.90 Å². The summed E-state index contributed by atoms with van der Waals surface area (Å²) < 4.78 is 0. The summed E-state index contributed by atoms with van der Waals surface area (Å²) in [5.41, 5.74) is 0.328. The Morgan fingerprint density at radius 2 is 2.25 bits per heavy atom. The molecule has 1 fully saturated rings. The van der Waals surface area contributed by atoms with E-state index in [1.165, 1.54) is 0 Å². The van der Waals surface area contributed by atoms with Crippen molar-refractivity contribution < 1.29 is 9.90 Å². The summed E-state index contributed by atoms with van der Waals surface area (Å²) in [6.07, 6.45) is 0. The Hall–Kier alpha value is -1.00. The van der Waals surface area contributed by atoms with E-state index in [1.54, 1.807) is 22.7 Å². The Balaban J connectivity index is 2.20. The molecule has 0 radical (unpaired) electrons. The fraction of sp³-hybridized carbons (Fsp3) is 0.417. The molecule has 3 nitrogen and oxygen atoms in total. The first-order valence-corrected chi connectivity index (χ1v) is 6.53. The van der Waals surface area contributed by atoms with Gasteiger partial charge in [-0.05, 0) is 13.0 Å². The van der Waals surface area contributed by atoms with Crippen LogP contribution in [0, 0.1) is 0 Å². The van der Waals surface area contributed by atoms with Crippen molar-refractivity contribution in [1.82, 2.24) is 4.90 Å². The van der Waals surface area contributed by atoms with E-state index in [-0.39, 0.29) is 11.9 Å². The van der Waals surface area contributed by atoms with Crippen molar-refractivity contribution in [1.29, 1.82) is 0 Å². The van der Waals surface area contributed by atoms with Crippen LogP contribution < -0.4 is 0 Å². The van der Waals surface area contributed by atoms with E-state index in [0.29, 0.717) is 11.3 Å². The predicted octanol–water partition coefficient (Wildman–Crippen LogP) is 1.42. The number of carbonyl (C=O) groups excluding carboxylic acids is 1. The van der Waals surface area contributed by atoms with Crippen molar-refractivity contribution in [3.8, 4) is 0 Å². The SMILES string of the molecule is C[C@H]1CSC[C@]2(O)c3ccccc3C(=O)N12. The maximum absolute atomic E-state index is 12.2. The van der Waals surface area contributed by atoms with Gasteiger partial charge in [-0.25, -0.2) is 0 Å². The summed E-state index contributed by atoms with van der Waals surface area (Å²) in [7, 11) is 0. The lowest BCUT2D eigenvalue weighted by molar-refractivity contribution is -0.0808. The second kappa shape index (κ2) is 3.25. The fourth-order valence-electron chi connectivity index (χ4n) is 2.60. The summed E-state index contributed by atoms with van der Waals surface area (Å²) in [5, 5.41) is 10.7. The Bertz CT molecular complexity index is 462. The van der Waals surface area contributed by atoms with Crippen molar-refractivity contribution in [2.45, 2.75) is 18.7 Å². The monoisotopic (exact) mass is 235 g/mol. The highest BCUT2D eigenvalue weighted by atomic mass is 32.2. The molecule has 4 heteroatoms. The van der Waals surface area contributed by atoms with Gasteiger partial charge in [-0.3, -0.25) is 4.79 Å². The molecule has 0 unspecified atom stereocenters. The Morgan fingerprint density at radius 1 is 1.50 bits per heavy atom. The average Bonchev–Trinajstić information content (AvgIpc) is 2.50. The van der Waals surface area contributed by atoms with Crippen LogP contribution in [0.25, 0.3) is 0 Å². The summed E-state index contributed by atoms with van der Waals surface area (Å²) in [6.45, 7) is 1.99. The normalized spacial score (nSPS) is 32.5. The van der Waals surface area contributed by atoms with Gasteiger partial charge in [0.15, 0.2) is 5.72 Å². The van der Waals surface area contributed by atoms with Crippen LogP contribution >= 0.6 is 11.8 Å². The number of hydrogen-bond donors (Lipinski definition) is 1. The van der Waals surface area contributed by atoms with E-state index < -0.39 is 5.72 Å². The van der Waals surface area contributed by atoms with Gasteiger partial charge in [0, 0.05) is 28.7 Å². The third-order valence-electron chi connectivity index (χ3n) is 3.31. The van der Waals surface area contributed by atoms with E-state index in [4.69, 9.17) is 0 Å². The van der Waals surface area contributed by atoms with Gasteiger partial charge in [0.1, 0.15) is 0 Å². The maximum atomic E-state index is 12.2. The molecule has 16 heavy (non-hydrogen) atoms. The zero-order valence-electron chi connectivity index (χ0n) is 9.01. The predicted molar refractivity (Wildman–Crippen MR) is 63.3 cm³/mol. The molecule has 1 aromatic rings. The Kier molecular flexibility index (Phi) is 2.06. The van der Waals surface area contributed by atoms with Crippen molar-refractivity contribution in [3.05, 3.63) is 35.4 Å². The van der Waals surface area contributed by atoms with Gasteiger partial charge in [-0.15, -0.1) is 0 Å². The van der Waals surface area contributed by atoms with Gasteiger partial charge < -0.3 is 10.0 Å². The van der Waals surface area contributed by atoms with Crippen molar-refractivity contribution in [3.63, 3.8) is 0 Å². The lowest BCUT2D eigenvalue weighted by Crippen LogP contribution is -2.54. The van der Waals surface area contributed by atoms with Crippen LogP contribution in [0.5, 0.6) is 0 Å². The maximum Gasteiger partial charge on any atom is 0.257 e. The molecule has 0 bridgehead atoms. The number of aliphatic hydroxyl groups is 1. The number of amides is 1. The van der Waals surface area contributed by atoms with Crippen LogP contribution in [0.1, 0.15) is 22.8 Å². The number of thioether (sulfide) groups is 1. The van der Waals surface area contributed by atoms with Gasteiger partial charge in [-0.1, -0.05) is 18.2 Å². The molecular weight excluding hydrogens is 222 g/mol. The first-order valence-electron chi connectivity index (χ1n) is 5.38. The Morgan fingerprint density at radius 3 is 3.06 bits per heavy atom. The largest absolute Gasteiger partial charge is 0.366 e. The first kappa shape index (κ1) is 10.2. The second-order valence-corrected chi connectivity index (χ2v) is 5.43. The minimum atomic E-state index is -1.09. The Labute approximate surface area is 98.4 Å². The van der Waals surface area contributed by atoms with E-state index in [2.05, 4.69) is 0 Å². The molecular formula is C12H13NO2S. The zero-order chi connectivity index (χ0) is 11.3. The summed E-state index contributed by atoms with van der Waals surface area (Å²) >= 11 is 1.70. The van der Waals surface area contributed by atoms with Crippen LogP contribution in [0.4, 0.5) is 0 Å². The standard InChI is InChI=1S/C12H13NO2S/c1-8-6-16-7-12(15)10-5-3-2-4-9(10)11(14)13(8)12/h2-5,8,15H,6-7H2,1H3/t8-,12-/m0/s1. The van der Waals surface area contributed by atoms with Crippen molar-refractivity contribution >= 4 is 17.7 Å². The minimum absolute atomic E-state index is 0.0362. The van der Waals surface area contributed by atoms with Gasteiger partial charge in [-0.2, -0.15) is 11.8 Å². The molecule has 1 amide bonds. The number of benzene rings is 1. The number of nitrogens with zero attached hydrogens (tertiary/aromatic N) is 1. The quantitative estimate of drug-likeness (QED) is 0.739. The molecule has 0 aliphatic carbocycles. The third-order valence-corrected chi connectivity index (χ3v) is 4.63. The molecule has 0 saturated carbocycles. The highest BCUT2D eigenvalue weighted by Gasteiger charge is 2.52. The van der Waals surface area contributed by atoms with Crippen LogP contribution in [0.3, 0.4) is 0 Å². The van der Waals surface area contributed by atoms with E-state index in [0.717, 1.165) is 11.3 Å². The number of carbonyl (C=O) groups is 1. The highest BCUT2D eigenvalue weighted by molar-refractivity contribution is 7.99. The van der Waals surface area contributed by atoms with Gasteiger partial charge >= 0.3 is 0 Å². The number of hydrogen-bond acceptors (Lipinski definition) is 3. The minimum Gasteiger partial charge on any atom is -0.366 e. The van der Waals surface area contributed by atoms with Crippen molar-refractivity contribution in [2.24, 2.45) is 0 Å². The molecule has 2 aliphatic rings. The second-order valence-electron chi connectivity index (χ2n) is 4.40. The average molecular weight is 235 g/mol. The van der Waals surface area contributed by atoms with Gasteiger partial charge in [0.05, 0.1) is 0 Å². The van der Waals surface area contributed by atoms with Gasteiger partial charge in [0.25, 0.3) is 5.91 Å². The van der Waals surface area contributed by atoms with Crippen LogP contribution in [0.2, 0.25) is 0 Å². The molecule has 3 rings (SSSR count).